The number of hydrogen-bond donors (Lipinski definition) is 1. The van der Waals surface area contributed by atoms with Gasteiger partial charge in [-0.2, -0.15) is 0 Å². The lowest BCUT2D eigenvalue weighted by atomic mass is 9.88. The van der Waals surface area contributed by atoms with Crippen LogP contribution < -0.4 is 5.73 Å². The van der Waals surface area contributed by atoms with Gasteiger partial charge in [0.2, 0.25) is 0 Å². The van der Waals surface area contributed by atoms with Crippen LogP contribution in [0.2, 0.25) is 0 Å². The third kappa shape index (κ3) is 1.59. The molecule has 2 atom stereocenters. The topological polar surface area (TPSA) is 29.3 Å². The maximum absolute atomic E-state index is 5.82. The van der Waals surface area contributed by atoms with E-state index in [-0.39, 0.29) is 0 Å². The molecule has 0 aromatic heterocycles. The van der Waals surface area contributed by atoms with Crippen molar-refractivity contribution in [2.75, 3.05) is 26.7 Å². The molecule has 2 fully saturated rings. The zero-order valence-corrected chi connectivity index (χ0v) is 9.79. The van der Waals surface area contributed by atoms with Gasteiger partial charge in [-0.05, 0) is 62.7 Å². The van der Waals surface area contributed by atoms with Gasteiger partial charge in [0.05, 0.1) is 0 Å². The van der Waals surface area contributed by atoms with E-state index in [0.717, 1.165) is 24.3 Å². The molecule has 2 nitrogen and oxygen atoms in total. The number of hydrogen-bond acceptors (Lipinski definition) is 2. The molecule has 2 rings (SSSR count). The molecule has 82 valence electrons. The summed E-state index contributed by atoms with van der Waals surface area (Å²) in [6.45, 7) is 8.26. The first-order chi connectivity index (χ1) is 6.57. The predicted octanol–water partition coefficient (Wildman–Crippen LogP) is 1.56. The molecule has 2 aliphatic rings. The molecule has 0 aromatic carbocycles. The first kappa shape index (κ1) is 10.4. The van der Waals surface area contributed by atoms with E-state index in [0.29, 0.717) is 5.41 Å². The molecule has 2 N–H and O–H groups in total. The fraction of sp³-hybridized carbons (Fsp3) is 1.00. The van der Waals surface area contributed by atoms with E-state index in [1.807, 2.05) is 0 Å². The third-order valence-corrected chi connectivity index (χ3v) is 4.66. The standard InChI is InChI=1S/C12H24N2/c1-12(2)10(8-13)11(12)9-4-6-14(3)7-5-9/h9-11H,4-8,13H2,1-3H3/t10-,11-/m0/s1. The van der Waals surface area contributed by atoms with Crippen LogP contribution in [0.4, 0.5) is 0 Å². The minimum atomic E-state index is 0.537. The van der Waals surface area contributed by atoms with Crippen molar-refractivity contribution in [3.8, 4) is 0 Å². The molecule has 1 aliphatic heterocycles. The van der Waals surface area contributed by atoms with Crippen molar-refractivity contribution in [2.24, 2.45) is 28.9 Å². The fourth-order valence-electron chi connectivity index (χ4n) is 3.56. The Balaban J connectivity index is 1.92. The van der Waals surface area contributed by atoms with Crippen LogP contribution in [-0.4, -0.2) is 31.6 Å². The van der Waals surface area contributed by atoms with Crippen molar-refractivity contribution in [3.63, 3.8) is 0 Å². The number of rotatable bonds is 2. The van der Waals surface area contributed by atoms with Crippen LogP contribution in [0.3, 0.4) is 0 Å². The second-order valence-corrected chi connectivity index (χ2v) is 5.83. The molecule has 0 bridgehead atoms. The summed E-state index contributed by atoms with van der Waals surface area (Å²) >= 11 is 0. The van der Waals surface area contributed by atoms with Gasteiger partial charge in [0.1, 0.15) is 0 Å². The molecule has 1 aliphatic carbocycles. The number of piperidine rings is 1. The van der Waals surface area contributed by atoms with E-state index in [1.165, 1.54) is 25.9 Å². The minimum Gasteiger partial charge on any atom is -0.330 e. The van der Waals surface area contributed by atoms with Crippen LogP contribution in [0.15, 0.2) is 0 Å². The molecule has 0 radical (unpaired) electrons. The molecule has 1 saturated carbocycles. The summed E-state index contributed by atoms with van der Waals surface area (Å²) in [6.07, 6.45) is 2.78. The van der Waals surface area contributed by atoms with Gasteiger partial charge in [0, 0.05) is 0 Å². The van der Waals surface area contributed by atoms with Crippen LogP contribution >= 0.6 is 0 Å². The SMILES string of the molecule is CN1CCC([C@H]2[C@H](CN)C2(C)C)CC1. The van der Waals surface area contributed by atoms with E-state index < -0.39 is 0 Å². The molecule has 1 heterocycles. The molecule has 0 amide bonds. The third-order valence-electron chi connectivity index (χ3n) is 4.66. The van der Waals surface area contributed by atoms with Crippen molar-refractivity contribution in [1.82, 2.24) is 4.90 Å². The zero-order chi connectivity index (χ0) is 10.3. The maximum Gasteiger partial charge on any atom is -0.00190 e. The van der Waals surface area contributed by atoms with Gasteiger partial charge in [-0.3, -0.25) is 0 Å². The van der Waals surface area contributed by atoms with Crippen molar-refractivity contribution in [3.05, 3.63) is 0 Å². The molecule has 0 aromatic rings. The Kier molecular flexibility index (Phi) is 2.61. The van der Waals surface area contributed by atoms with Crippen LogP contribution in [0.1, 0.15) is 26.7 Å². The average Bonchev–Trinajstić information content (AvgIpc) is 2.69. The highest BCUT2D eigenvalue weighted by atomic mass is 15.1. The Morgan fingerprint density at radius 1 is 1.29 bits per heavy atom. The molecule has 1 saturated heterocycles. The first-order valence-corrected chi connectivity index (χ1v) is 5.96. The van der Waals surface area contributed by atoms with E-state index in [1.54, 1.807) is 0 Å². The molecule has 14 heavy (non-hydrogen) atoms. The van der Waals surface area contributed by atoms with E-state index >= 15 is 0 Å². The largest absolute Gasteiger partial charge is 0.330 e. The Labute approximate surface area is 87.8 Å². The summed E-state index contributed by atoms with van der Waals surface area (Å²) in [5.41, 5.74) is 6.36. The van der Waals surface area contributed by atoms with Gasteiger partial charge in [0.15, 0.2) is 0 Å². The van der Waals surface area contributed by atoms with Gasteiger partial charge >= 0.3 is 0 Å². The van der Waals surface area contributed by atoms with Crippen LogP contribution in [0.5, 0.6) is 0 Å². The second-order valence-electron chi connectivity index (χ2n) is 5.83. The quantitative estimate of drug-likeness (QED) is 0.726. The summed E-state index contributed by atoms with van der Waals surface area (Å²) < 4.78 is 0. The summed E-state index contributed by atoms with van der Waals surface area (Å²) in [4.78, 5) is 2.45. The van der Waals surface area contributed by atoms with Crippen LogP contribution in [0, 0.1) is 23.2 Å². The number of nitrogens with two attached hydrogens (primary N) is 1. The van der Waals surface area contributed by atoms with Crippen molar-refractivity contribution >= 4 is 0 Å². The smallest absolute Gasteiger partial charge is 0.00190 e. The molecular formula is C12H24N2. The Morgan fingerprint density at radius 3 is 2.29 bits per heavy atom. The normalized spacial score (nSPS) is 38.6. The summed E-state index contributed by atoms with van der Waals surface area (Å²) in [5.74, 6) is 2.67. The van der Waals surface area contributed by atoms with Crippen molar-refractivity contribution in [2.45, 2.75) is 26.7 Å². The van der Waals surface area contributed by atoms with Gasteiger partial charge < -0.3 is 10.6 Å². The molecule has 0 spiro atoms. The Hall–Kier alpha value is -0.0800. The molecule has 0 unspecified atom stereocenters. The minimum absolute atomic E-state index is 0.537. The highest BCUT2D eigenvalue weighted by molar-refractivity contribution is 5.08. The lowest BCUT2D eigenvalue weighted by Gasteiger charge is -2.30. The first-order valence-electron chi connectivity index (χ1n) is 5.96. The highest BCUT2D eigenvalue weighted by Crippen LogP contribution is 2.62. The summed E-state index contributed by atoms with van der Waals surface area (Å²) in [5, 5.41) is 0. The zero-order valence-electron chi connectivity index (χ0n) is 9.79. The lowest BCUT2D eigenvalue weighted by Crippen LogP contribution is -2.31. The highest BCUT2D eigenvalue weighted by Gasteiger charge is 2.59. The van der Waals surface area contributed by atoms with Gasteiger partial charge in [-0.1, -0.05) is 13.8 Å². The molecule has 2 heteroatoms. The average molecular weight is 196 g/mol. The number of nitrogens with zero attached hydrogens (tertiary/aromatic N) is 1. The van der Waals surface area contributed by atoms with Gasteiger partial charge in [-0.15, -0.1) is 0 Å². The summed E-state index contributed by atoms with van der Waals surface area (Å²) in [7, 11) is 2.23. The van der Waals surface area contributed by atoms with Gasteiger partial charge in [-0.25, -0.2) is 0 Å². The second kappa shape index (κ2) is 3.49. The molecular weight excluding hydrogens is 172 g/mol. The lowest BCUT2D eigenvalue weighted by molar-refractivity contribution is 0.191. The van der Waals surface area contributed by atoms with E-state index in [9.17, 15) is 0 Å². The maximum atomic E-state index is 5.82. The van der Waals surface area contributed by atoms with Crippen molar-refractivity contribution < 1.29 is 0 Å². The van der Waals surface area contributed by atoms with Crippen LogP contribution in [0.25, 0.3) is 0 Å². The number of likely N-dealkylation sites (tertiary alicyclic amines) is 1. The Bertz CT molecular complexity index is 204. The predicted molar refractivity (Wildman–Crippen MR) is 60.0 cm³/mol. The van der Waals surface area contributed by atoms with Crippen molar-refractivity contribution in [1.29, 1.82) is 0 Å². The van der Waals surface area contributed by atoms with E-state index in [2.05, 4.69) is 25.8 Å². The van der Waals surface area contributed by atoms with E-state index in [4.69, 9.17) is 5.73 Å². The monoisotopic (exact) mass is 196 g/mol. The van der Waals surface area contributed by atoms with Gasteiger partial charge in [0.25, 0.3) is 0 Å². The summed E-state index contributed by atoms with van der Waals surface area (Å²) in [6, 6.07) is 0. The Morgan fingerprint density at radius 2 is 1.86 bits per heavy atom. The fourth-order valence-corrected chi connectivity index (χ4v) is 3.56. The van der Waals surface area contributed by atoms with Crippen LogP contribution in [-0.2, 0) is 0 Å².